The third-order valence-corrected chi connectivity index (χ3v) is 7.47. The van der Waals surface area contributed by atoms with E-state index in [0.29, 0.717) is 0 Å². The number of phosphoric acid groups is 3. The smallest absolute Gasteiger partial charge is 0.756 e. The van der Waals surface area contributed by atoms with E-state index in [-0.39, 0.29) is 99.8 Å². The van der Waals surface area contributed by atoms with Gasteiger partial charge in [0.25, 0.3) is 29.0 Å². The maximum Gasteiger partial charge on any atom is 1.00 e. The molecule has 1 fully saturated rings. The second-order valence-electron chi connectivity index (χ2n) is 5.92. The van der Waals surface area contributed by atoms with Crippen molar-refractivity contribution < 1.29 is 150 Å². The molecule has 2 aromatic heterocycles. The van der Waals surface area contributed by atoms with Gasteiger partial charge in [-0.1, -0.05) is 0 Å². The van der Waals surface area contributed by atoms with E-state index in [1.54, 1.807) is 0 Å². The Morgan fingerprint density at radius 3 is 2.26 bits per heavy atom. The number of aromatic nitrogens is 4. The molecule has 18 nitrogen and oxygen atoms in total. The van der Waals surface area contributed by atoms with Crippen LogP contribution in [-0.4, -0.2) is 59.5 Å². The summed E-state index contributed by atoms with van der Waals surface area (Å²) in [5.41, 5.74) is -0.749. The molecule has 1 aliphatic heterocycles. The topological polar surface area (TPSA) is 282 Å². The summed E-state index contributed by atoms with van der Waals surface area (Å²) in [6.07, 6.45) is -4.31. The van der Waals surface area contributed by atoms with Gasteiger partial charge in [-0.15, -0.1) is 0 Å². The molecule has 0 amide bonds. The zero-order valence-corrected chi connectivity index (χ0v) is 26.4. The van der Waals surface area contributed by atoms with Gasteiger partial charge in [0.1, 0.15) is 18.3 Å². The summed E-state index contributed by atoms with van der Waals surface area (Å²) in [5.74, 6) is 0. The first-order valence-corrected chi connectivity index (χ1v) is 12.3. The summed E-state index contributed by atoms with van der Waals surface area (Å²) in [7, 11) is -17.8. The van der Waals surface area contributed by atoms with Gasteiger partial charge in [0.2, 0.25) is 0 Å². The van der Waals surface area contributed by atoms with Crippen molar-refractivity contribution in [3.63, 3.8) is 0 Å². The maximum atomic E-state index is 11.7. The number of fused-ring (bicyclic) bond motifs is 1. The predicted octanol–water partition coefficient (Wildman–Crippen LogP) is -12.8. The number of hydrogen-bond donors (Lipinski definition) is 4. The average molecular weight is 574 g/mol. The fourth-order valence-corrected chi connectivity index (χ4v) is 5.49. The number of aliphatic hydroxyl groups is 2. The fraction of sp³-hybridized carbons (Fsp3) is 0.500. The SMILES string of the molecule is O=c1[nH]cnc2c1ncn2[C@@H]1O[C@H](COP(=O)([O-])OP(=O)([O-])OP(=O)([O-])O)[C@H](O)C1O.[Na+].[Na+].[Na+]. The largest absolute Gasteiger partial charge is 1.00 e. The van der Waals surface area contributed by atoms with E-state index in [1.165, 1.54) is 0 Å². The molecule has 2 aromatic rings. The van der Waals surface area contributed by atoms with Crippen LogP contribution in [0.5, 0.6) is 0 Å². The van der Waals surface area contributed by atoms with E-state index >= 15 is 0 Å². The normalized spacial score (nSPS) is 27.4. The standard InChI is InChI=1S/C10H15N4O14P3.3Na/c15-6-4(1-25-30(21,22)28-31(23,24)27-29(18,19)20)26-10(7(6)16)14-3-13-5-8(14)11-2-12-9(5)17;;;/h2-4,6-7,10,15-16H,1H2,(H,21,22)(H,23,24)(H,11,12,17)(H2,18,19,20);;;/q;3*+1/p-3/t4-,6+,7?,10-;;;/m1.../s1. The van der Waals surface area contributed by atoms with Crippen molar-refractivity contribution in [2.75, 3.05) is 6.61 Å². The Balaban J connectivity index is 0.00000363. The Morgan fingerprint density at radius 2 is 1.68 bits per heavy atom. The molecule has 0 spiro atoms. The van der Waals surface area contributed by atoms with E-state index in [0.717, 1.165) is 17.2 Å². The van der Waals surface area contributed by atoms with Gasteiger partial charge in [-0.05, 0) is 0 Å². The molecule has 3 rings (SSSR count). The van der Waals surface area contributed by atoms with Gasteiger partial charge in [-0.2, -0.15) is 0 Å². The molecule has 0 aliphatic carbocycles. The summed E-state index contributed by atoms with van der Waals surface area (Å²) in [6.45, 7) is -1.09. The van der Waals surface area contributed by atoms with E-state index in [9.17, 15) is 43.4 Å². The van der Waals surface area contributed by atoms with E-state index in [4.69, 9.17) is 9.63 Å². The summed E-state index contributed by atoms with van der Waals surface area (Å²) >= 11 is 0. The number of aliphatic hydroxyl groups excluding tert-OH is 2. The number of imidazole rings is 1. The molecule has 0 saturated carbocycles. The Kier molecular flexibility index (Phi) is 14.3. The Bertz CT molecular complexity index is 1170. The van der Waals surface area contributed by atoms with Gasteiger partial charge in [0.15, 0.2) is 17.4 Å². The van der Waals surface area contributed by atoms with Crippen LogP contribution in [0.4, 0.5) is 0 Å². The molecule has 1 saturated heterocycles. The zero-order chi connectivity index (χ0) is 23.2. The number of phosphoric ester groups is 1. The molecule has 0 radical (unpaired) electrons. The molecule has 0 aromatic carbocycles. The van der Waals surface area contributed by atoms with Gasteiger partial charge in [-0.25, -0.2) is 18.6 Å². The molecule has 7 atom stereocenters. The second-order valence-corrected chi connectivity index (χ2v) is 10.2. The first kappa shape index (κ1) is 35.6. The molecular weight excluding hydrogens is 562 g/mol. The van der Waals surface area contributed by atoms with Crippen molar-refractivity contribution in [3.05, 3.63) is 23.0 Å². The molecule has 24 heteroatoms. The molecule has 0 bridgehead atoms. The number of aromatic amines is 1. The van der Waals surface area contributed by atoms with Crippen LogP contribution < -0.4 is 109 Å². The third-order valence-electron chi connectivity index (χ3n) is 3.78. The molecule has 4 N–H and O–H groups in total. The van der Waals surface area contributed by atoms with Crippen molar-refractivity contribution in [2.45, 2.75) is 24.5 Å². The van der Waals surface area contributed by atoms with Crippen LogP contribution in [0.25, 0.3) is 11.2 Å². The summed E-state index contributed by atoms with van der Waals surface area (Å²) in [5, 5.41) is 20.3. The van der Waals surface area contributed by atoms with Crippen LogP contribution >= 0.6 is 23.5 Å². The number of ether oxygens (including phenoxy) is 1. The van der Waals surface area contributed by atoms with Gasteiger partial charge < -0.3 is 44.0 Å². The van der Waals surface area contributed by atoms with Crippen molar-refractivity contribution in [1.82, 2.24) is 19.5 Å². The number of H-pyrrole nitrogens is 1. The van der Waals surface area contributed by atoms with Crippen LogP contribution in [0.15, 0.2) is 17.4 Å². The van der Waals surface area contributed by atoms with Crippen LogP contribution in [-0.2, 0) is 31.6 Å². The summed E-state index contributed by atoms with van der Waals surface area (Å²) < 4.78 is 50.3. The van der Waals surface area contributed by atoms with E-state index in [2.05, 4.69) is 28.1 Å². The van der Waals surface area contributed by atoms with E-state index in [1.807, 2.05) is 0 Å². The van der Waals surface area contributed by atoms with Gasteiger partial charge in [0, 0.05) is 0 Å². The Labute approximate surface area is 255 Å². The second kappa shape index (κ2) is 13.6. The minimum atomic E-state index is -6.09. The number of rotatable bonds is 8. The number of nitrogens with zero attached hydrogens (tertiary/aromatic N) is 3. The molecule has 3 heterocycles. The minimum absolute atomic E-state index is 0. The first-order valence-electron chi connectivity index (χ1n) is 7.84. The quantitative estimate of drug-likeness (QED) is 0.168. The molecule has 174 valence electrons. The summed E-state index contributed by atoms with van der Waals surface area (Å²) in [6, 6.07) is 0. The van der Waals surface area contributed by atoms with Crippen LogP contribution in [0.3, 0.4) is 0 Å². The Hall–Kier alpha value is 1.64. The van der Waals surface area contributed by atoms with Gasteiger partial charge in [0.05, 0.1) is 19.3 Å². The average Bonchev–Trinajstić information content (AvgIpc) is 3.13. The number of hydrogen-bond acceptors (Lipinski definition) is 15. The molecular formula is C10H12N4Na3O14P3. The maximum absolute atomic E-state index is 11.7. The molecule has 1 aliphatic rings. The van der Waals surface area contributed by atoms with Crippen molar-refractivity contribution in [3.8, 4) is 0 Å². The zero-order valence-electron chi connectivity index (χ0n) is 17.7. The summed E-state index contributed by atoms with van der Waals surface area (Å²) in [4.78, 5) is 63.1. The first-order chi connectivity index (χ1) is 14.2. The van der Waals surface area contributed by atoms with Crippen molar-refractivity contribution in [2.24, 2.45) is 0 Å². The van der Waals surface area contributed by atoms with Crippen LogP contribution in [0.1, 0.15) is 6.23 Å². The van der Waals surface area contributed by atoms with E-state index < -0.39 is 60.2 Å². The minimum Gasteiger partial charge on any atom is -0.756 e. The van der Waals surface area contributed by atoms with Crippen LogP contribution in [0, 0.1) is 0 Å². The monoisotopic (exact) mass is 574 g/mol. The van der Waals surface area contributed by atoms with Crippen LogP contribution in [0.2, 0.25) is 0 Å². The molecule has 34 heavy (non-hydrogen) atoms. The van der Waals surface area contributed by atoms with Crippen molar-refractivity contribution >= 4 is 34.6 Å². The van der Waals surface area contributed by atoms with Gasteiger partial charge in [-0.3, -0.25) is 23.1 Å². The fourth-order valence-electron chi connectivity index (χ4n) is 2.60. The molecule has 4 unspecified atom stereocenters. The third kappa shape index (κ3) is 9.13. The predicted molar refractivity (Wildman–Crippen MR) is 87.2 cm³/mol. The Morgan fingerprint density at radius 1 is 1.06 bits per heavy atom. The van der Waals surface area contributed by atoms with Gasteiger partial charge >= 0.3 is 88.7 Å². The number of nitrogens with one attached hydrogen (secondary N) is 1. The van der Waals surface area contributed by atoms with Crippen molar-refractivity contribution in [1.29, 1.82) is 0 Å².